The van der Waals surface area contributed by atoms with Crippen LogP contribution in [0.5, 0.6) is 0 Å². The minimum atomic E-state index is -0.759. The maximum Gasteiger partial charge on any atom is 0.287 e. The van der Waals surface area contributed by atoms with E-state index in [1.807, 2.05) is 11.8 Å². The number of carbonyl (C=O) groups is 1. The molecular formula is C11H14BrNO3S. The second-order valence-corrected chi connectivity index (χ2v) is 6.13. The number of hydrogen-bond acceptors (Lipinski definition) is 4. The summed E-state index contributed by atoms with van der Waals surface area (Å²) in [5.41, 5.74) is -0.759. The lowest BCUT2D eigenvalue weighted by Gasteiger charge is -2.31. The van der Waals surface area contributed by atoms with Gasteiger partial charge < -0.3 is 14.8 Å². The lowest BCUT2D eigenvalue weighted by molar-refractivity contribution is 0.0307. The topological polar surface area (TPSA) is 62.5 Å². The molecule has 2 rings (SSSR count). The predicted molar refractivity (Wildman–Crippen MR) is 70.3 cm³/mol. The Bertz CT molecular complexity index is 401. The summed E-state index contributed by atoms with van der Waals surface area (Å²) in [6.07, 6.45) is 1.44. The fourth-order valence-corrected chi connectivity index (χ4v) is 3.26. The molecule has 1 amide bonds. The quantitative estimate of drug-likeness (QED) is 0.894. The summed E-state index contributed by atoms with van der Waals surface area (Å²) >= 11 is 4.97. The lowest BCUT2D eigenvalue weighted by atomic mass is 9.97. The van der Waals surface area contributed by atoms with Gasteiger partial charge in [-0.25, -0.2) is 0 Å². The smallest absolute Gasteiger partial charge is 0.287 e. The van der Waals surface area contributed by atoms with Gasteiger partial charge in [-0.3, -0.25) is 4.79 Å². The number of halogens is 1. The molecule has 94 valence electrons. The first-order valence-electron chi connectivity index (χ1n) is 5.43. The number of nitrogens with one attached hydrogen (secondary N) is 1. The summed E-state index contributed by atoms with van der Waals surface area (Å²) in [7, 11) is 0. The fraction of sp³-hybridized carbons (Fsp3) is 0.545. The number of carbonyl (C=O) groups excluding carboxylic acids is 1. The van der Waals surface area contributed by atoms with Crippen LogP contribution in [0.3, 0.4) is 0 Å². The molecule has 0 spiro atoms. The van der Waals surface area contributed by atoms with Crippen LogP contribution in [0.4, 0.5) is 0 Å². The highest BCUT2D eigenvalue weighted by Crippen LogP contribution is 2.26. The standard InChI is InChI=1S/C11H14BrNO3S/c12-9-2-1-8(16-9)10(14)13-7-11(15)3-5-17-6-4-11/h1-2,15H,3-7H2,(H,13,14). The Hall–Kier alpha value is -0.460. The first kappa shape index (κ1) is 13.0. The average Bonchev–Trinajstić information content (AvgIpc) is 2.74. The molecule has 1 fully saturated rings. The van der Waals surface area contributed by atoms with Crippen LogP contribution < -0.4 is 5.32 Å². The maximum atomic E-state index is 11.7. The maximum absolute atomic E-state index is 11.7. The molecule has 17 heavy (non-hydrogen) atoms. The predicted octanol–water partition coefficient (Wildman–Crippen LogP) is 2.03. The van der Waals surface area contributed by atoms with Crippen LogP contribution in [0.2, 0.25) is 0 Å². The van der Waals surface area contributed by atoms with Crippen molar-refractivity contribution in [3.05, 3.63) is 22.6 Å². The molecule has 0 unspecified atom stereocenters. The van der Waals surface area contributed by atoms with E-state index >= 15 is 0 Å². The normalized spacial score (nSPS) is 18.9. The van der Waals surface area contributed by atoms with Crippen LogP contribution in [0.15, 0.2) is 21.2 Å². The van der Waals surface area contributed by atoms with Gasteiger partial charge in [-0.2, -0.15) is 11.8 Å². The Morgan fingerprint density at radius 1 is 1.53 bits per heavy atom. The Morgan fingerprint density at radius 3 is 2.82 bits per heavy atom. The van der Waals surface area contributed by atoms with Crippen LogP contribution in [0.1, 0.15) is 23.4 Å². The molecule has 2 heterocycles. The molecule has 6 heteroatoms. The van der Waals surface area contributed by atoms with Gasteiger partial charge in [-0.15, -0.1) is 0 Å². The Balaban J connectivity index is 1.87. The highest BCUT2D eigenvalue weighted by atomic mass is 79.9. The zero-order chi connectivity index (χ0) is 12.3. The van der Waals surface area contributed by atoms with E-state index in [-0.39, 0.29) is 18.2 Å². The Kier molecular flexibility index (Phi) is 4.17. The Labute approximate surface area is 112 Å². The van der Waals surface area contributed by atoms with Crippen molar-refractivity contribution in [2.75, 3.05) is 18.1 Å². The number of amides is 1. The van der Waals surface area contributed by atoms with Gasteiger partial charge in [0.25, 0.3) is 5.91 Å². The van der Waals surface area contributed by atoms with Crippen molar-refractivity contribution in [3.63, 3.8) is 0 Å². The molecule has 0 radical (unpaired) electrons. The van der Waals surface area contributed by atoms with Gasteiger partial charge in [-0.05, 0) is 52.4 Å². The average molecular weight is 320 g/mol. The van der Waals surface area contributed by atoms with Crippen molar-refractivity contribution >= 4 is 33.6 Å². The molecule has 0 aromatic carbocycles. The van der Waals surface area contributed by atoms with Crippen LogP contribution in [-0.2, 0) is 0 Å². The molecular weight excluding hydrogens is 306 g/mol. The van der Waals surface area contributed by atoms with E-state index in [1.165, 1.54) is 0 Å². The van der Waals surface area contributed by atoms with Crippen LogP contribution in [0, 0.1) is 0 Å². The Morgan fingerprint density at radius 2 is 2.24 bits per heavy atom. The zero-order valence-corrected chi connectivity index (χ0v) is 11.6. The zero-order valence-electron chi connectivity index (χ0n) is 9.24. The first-order valence-corrected chi connectivity index (χ1v) is 7.37. The summed E-state index contributed by atoms with van der Waals surface area (Å²) in [5.74, 6) is 1.85. The van der Waals surface area contributed by atoms with Gasteiger partial charge in [0.15, 0.2) is 10.4 Å². The number of furan rings is 1. The minimum absolute atomic E-state index is 0.255. The summed E-state index contributed by atoms with van der Waals surface area (Å²) < 4.78 is 5.66. The monoisotopic (exact) mass is 319 g/mol. The van der Waals surface area contributed by atoms with Gasteiger partial charge in [0.05, 0.1) is 5.60 Å². The van der Waals surface area contributed by atoms with E-state index < -0.39 is 5.60 Å². The summed E-state index contributed by atoms with van der Waals surface area (Å²) in [5, 5.41) is 12.9. The fourth-order valence-electron chi connectivity index (χ4n) is 1.70. The number of aliphatic hydroxyl groups is 1. The minimum Gasteiger partial charge on any atom is -0.444 e. The highest BCUT2D eigenvalue weighted by Gasteiger charge is 2.30. The van der Waals surface area contributed by atoms with E-state index in [1.54, 1.807) is 12.1 Å². The summed E-state index contributed by atoms with van der Waals surface area (Å²) in [6.45, 7) is 0.282. The highest BCUT2D eigenvalue weighted by molar-refractivity contribution is 9.10. The lowest BCUT2D eigenvalue weighted by Crippen LogP contribution is -2.45. The van der Waals surface area contributed by atoms with Gasteiger partial charge in [-0.1, -0.05) is 0 Å². The van der Waals surface area contributed by atoms with Crippen LogP contribution >= 0.6 is 27.7 Å². The third-order valence-electron chi connectivity index (χ3n) is 2.80. The first-order chi connectivity index (χ1) is 8.09. The van der Waals surface area contributed by atoms with Crippen LogP contribution in [-0.4, -0.2) is 34.7 Å². The van der Waals surface area contributed by atoms with E-state index in [2.05, 4.69) is 21.2 Å². The molecule has 0 atom stereocenters. The van der Waals surface area contributed by atoms with Crippen molar-refractivity contribution in [2.24, 2.45) is 0 Å². The van der Waals surface area contributed by atoms with E-state index in [0.717, 1.165) is 24.3 Å². The molecule has 0 saturated carbocycles. The van der Waals surface area contributed by atoms with Crippen molar-refractivity contribution in [1.29, 1.82) is 0 Å². The van der Waals surface area contributed by atoms with E-state index in [4.69, 9.17) is 4.42 Å². The molecule has 4 nitrogen and oxygen atoms in total. The molecule has 2 N–H and O–H groups in total. The third kappa shape index (κ3) is 3.50. The van der Waals surface area contributed by atoms with E-state index in [0.29, 0.717) is 4.67 Å². The summed E-state index contributed by atoms with van der Waals surface area (Å²) in [4.78, 5) is 11.7. The van der Waals surface area contributed by atoms with Crippen molar-refractivity contribution in [3.8, 4) is 0 Å². The van der Waals surface area contributed by atoms with Gasteiger partial charge in [0, 0.05) is 6.54 Å². The molecule has 0 aliphatic carbocycles. The van der Waals surface area contributed by atoms with Gasteiger partial charge in [0.2, 0.25) is 0 Å². The van der Waals surface area contributed by atoms with Gasteiger partial charge in [0.1, 0.15) is 0 Å². The van der Waals surface area contributed by atoms with Crippen LogP contribution in [0.25, 0.3) is 0 Å². The number of thioether (sulfide) groups is 1. The molecule has 1 aliphatic rings. The van der Waals surface area contributed by atoms with Crippen molar-refractivity contribution in [1.82, 2.24) is 5.32 Å². The molecule has 1 saturated heterocycles. The second-order valence-electron chi connectivity index (χ2n) is 4.12. The number of rotatable bonds is 3. The van der Waals surface area contributed by atoms with Gasteiger partial charge >= 0.3 is 0 Å². The molecule has 1 aromatic heterocycles. The van der Waals surface area contributed by atoms with E-state index in [9.17, 15) is 9.90 Å². The molecule has 1 aromatic rings. The second kappa shape index (κ2) is 5.46. The van der Waals surface area contributed by atoms with Crippen molar-refractivity contribution in [2.45, 2.75) is 18.4 Å². The van der Waals surface area contributed by atoms with Crippen molar-refractivity contribution < 1.29 is 14.3 Å². The molecule has 1 aliphatic heterocycles. The molecule has 0 bridgehead atoms. The number of hydrogen-bond donors (Lipinski definition) is 2. The third-order valence-corrected chi connectivity index (χ3v) is 4.21. The largest absolute Gasteiger partial charge is 0.444 e. The summed E-state index contributed by atoms with van der Waals surface area (Å²) in [6, 6.07) is 3.26. The SMILES string of the molecule is O=C(NCC1(O)CCSCC1)c1ccc(Br)o1.